The molecular formula is C19H20F2O2. The molecule has 3 rings (SSSR count). The molecule has 2 nitrogen and oxygen atoms in total. The van der Waals surface area contributed by atoms with Crippen LogP contribution in [0, 0.1) is 5.92 Å². The van der Waals surface area contributed by atoms with E-state index in [1.54, 1.807) is 24.3 Å². The van der Waals surface area contributed by atoms with Crippen LogP contribution >= 0.6 is 0 Å². The standard InChI is InChI=1S/C19H20F2O2/c1-12-2-6-15(7-3-12)23-16-8-9-17-13(10-16)4-5-14(11-22)18(17)19(20)21/h4-5,8-12,15,19H,2-3,6-7H2,1H3. The van der Waals surface area contributed by atoms with Crippen LogP contribution in [0.3, 0.4) is 0 Å². The van der Waals surface area contributed by atoms with Gasteiger partial charge >= 0.3 is 0 Å². The van der Waals surface area contributed by atoms with Gasteiger partial charge in [0, 0.05) is 11.1 Å². The number of ether oxygens (including phenoxy) is 1. The number of carbonyl (C=O) groups excluding carboxylic acids is 1. The number of aldehydes is 1. The Morgan fingerprint density at radius 3 is 2.52 bits per heavy atom. The number of benzene rings is 2. The number of alkyl halides is 2. The predicted octanol–water partition coefficient (Wildman–Crippen LogP) is 5.55. The molecule has 0 saturated heterocycles. The molecule has 0 aliphatic heterocycles. The molecule has 2 aromatic rings. The lowest BCUT2D eigenvalue weighted by atomic mass is 9.89. The second-order valence-corrected chi connectivity index (χ2v) is 6.37. The number of hydrogen-bond donors (Lipinski definition) is 0. The zero-order valence-corrected chi connectivity index (χ0v) is 13.1. The molecule has 0 N–H and O–H groups in total. The molecule has 0 spiro atoms. The van der Waals surface area contributed by atoms with Crippen LogP contribution < -0.4 is 4.74 Å². The van der Waals surface area contributed by atoms with Crippen molar-refractivity contribution in [1.29, 1.82) is 0 Å². The fraction of sp³-hybridized carbons (Fsp3) is 0.421. The summed E-state index contributed by atoms with van der Waals surface area (Å²) in [7, 11) is 0. The van der Waals surface area contributed by atoms with Crippen molar-refractivity contribution < 1.29 is 18.3 Å². The molecule has 0 unspecified atom stereocenters. The summed E-state index contributed by atoms with van der Waals surface area (Å²) in [5.41, 5.74) is -0.155. The quantitative estimate of drug-likeness (QED) is 0.691. The molecule has 0 heterocycles. The Morgan fingerprint density at radius 1 is 1.13 bits per heavy atom. The maximum Gasteiger partial charge on any atom is 0.265 e. The largest absolute Gasteiger partial charge is 0.490 e. The molecule has 1 aliphatic rings. The Labute approximate surface area is 134 Å². The van der Waals surface area contributed by atoms with E-state index in [9.17, 15) is 13.6 Å². The lowest BCUT2D eigenvalue weighted by Crippen LogP contribution is -2.22. The summed E-state index contributed by atoms with van der Waals surface area (Å²) < 4.78 is 32.5. The molecule has 0 bridgehead atoms. The highest BCUT2D eigenvalue weighted by Crippen LogP contribution is 2.34. The molecule has 1 aliphatic carbocycles. The molecule has 4 heteroatoms. The van der Waals surface area contributed by atoms with Gasteiger partial charge < -0.3 is 4.74 Å². The smallest absolute Gasteiger partial charge is 0.265 e. The number of carbonyl (C=O) groups is 1. The highest BCUT2D eigenvalue weighted by Gasteiger charge is 2.20. The third-order valence-corrected chi connectivity index (χ3v) is 4.68. The van der Waals surface area contributed by atoms with E-state index in [-0.39, 0.29) is 17.2 Å². The van der Waals surface area contributed by atoms with Crippen molar-refractivity contribution >= 4 is 17.1 Å². The van der Waals surface area contributed by atoms with Crippen molar-refractivity contribution in [3.63, 3.8) is 0 Å². The van der Waals surface area contributed by atoms with Crippen LogP contribution in [0.1, 0.15) is 55.0 Å². The minimum atomic E-state index is -2.68. The van der Waals surface area contributed by atoms with Crippen LogP contribution in [-0.4, -0.2) is 12.4 Å². The van der Waals surface area contributed by atoms with E-state index in [4.69, 9.17) is 4.74 Å². The average molecular weight is 318 g/mol. The van der Waals surface area contributed by atoms with Crippen LogP contribution in [0.5, 0.6) is 5.75 Å². The lowest BCUT2D eigenvalue weighted by molar-refractivity contribution is 0.110. The van der Waals surface area contributed by atoms with Gasteiger partial charge in [0.2, 0.25) is 0 Å². The van der Waals surface area contributed by atoms with Gasteiger partial charge in [0.1, 0.15) is 5.75 Å². The van der Waals surface area contributed by atoms with E-state index in [0.717, 1.165) is 31.6 Å². The summed E-state index contributed by atoms with van der Waals surface area (Å²) >= 11 is 0. The Morgan fingerprint density at radius 2 is 1.87 bits per heavy atom. The van der Waals surface area contributed by atoms with Crippen molar-refractivity contribution in [1.82, 2.24) is 0 Å². The second-order valence-electron chi connectivity index (χ2n) is 6.37. The molecule has 0 amide bonds. The summed E-state index contributed by atoms with van der Waals surface area (Å²) in [5.74, 6) is 1.46. The van der Waals surface area contributed by atoms with Crippen molar-refractivity contribution in [3.05, 3.63) is 41.5 Å². The highest BCUT2D eigenvalue weighted by atomic mass is 19.3. The fourth-order valence-electron chi connectivity index (χ4n) is 3.31. The Kier molecular flexibility index (Phi) is 4.60. The molecule has 1 fully saturated rings. The Bertz CT molecular complexity index is 704. The van der Waals surface area contributed by atoms with Crippen LogP contribution in [-0.2, 0) is 0 Å². The first-order valence-corrected chi connectivity index (χ1v) is 8.05. The Hall–Kier alpha value is -1.97. The van der Waals surface area contributed by atoms with Crippen molar-refractivity contribution in [2.45, 2.75) is 45.1 Å². The zero-order valence-electron chi connectivity index (χ0n) is 13.1. The second kappa shape index (κ2) is 6.65. The number of fused-ring (bicyclic) bond motifs is 1. The molecular weight excluding hydrogens is 298 g/mol. The van der Waals surface area contributed by atoms with Gasteiger partial charge in [0.15, 0.2) is 6.29 Å². The van der Waals surface area contributed by atoms with E-state index in [2.05, 4.69) is 6.92 Å². The van der Waals surface area contributed by atoms with Crippen molar-refractivity contribution in [3.8, 4) is 5.75 Å². The number of halogens is 2. The monoisotopic (exact) mass is 318 g/mol. The Balaban J connectivity index is 1.89. The molecule has 0 radical (unpaired) electrons. The minimum absolute atomic E-state index is 0.0439. The number of rotatable bonds is 4. The van der Waals surface area contributed by atoms with E-state index < -0.39 is 6.43 Å². The van der Waals surface area contributed by atoms with Gasteiger partial charge in [0.05, 0.1) is 6.10 Å². The van der Waals surface area contributed by atoms with Gasteiger partial charge in [-0.05, 0) is 54.5 Å². The fourth-order valence-corrected chi connectivity index (χ4v) is 3.31. The van der Waals surface area contributed by atoms with Crippen LogP contribution in [0.2, 0.25) is 0 Å². The molecule has 2 aromatic carbocycles. The minimum Gasteiger partial charge on any atom is -0.490 e. The summed E-state index contributed by atoms with van der Waals surface area (Å²) in [5, 5.41) is 1.08. The summed E-state index contributed by atoms with van der Waals surface area (Å²) in [6.45, 7) is 2.25. The van der Waals surface area contributed by atoms with E-state index in [1.165, 1.54) is 6.07 Å². The summed E-state index contributed by atoms with van der Waals surface area (Å²) in [6.07, 6.45) is 2.40. The van der Waals surface area contributed by atoms with Gasteiger partial charge in [-0.1, -0.05) is 25.1 Å². The van der Waals surface area contributed by atoms with Crippen molar-refractivity contribution in [2.24, 2.45) is 5.92 Å². The first-order valence-electron chi connectivity index (χ1n) is 8.05. The van der Waals surface area contributed by atoms with Gasteiger partial charge in [-0.3, -0.25) is 4.79 Å². The van der Waals surface area contributed by atoms with E-state index in [0.29, 0.717) is 22.8 Å². The van der Waals surface area contributed by atoms with Gasteiger partial charge in [-0.15, -0.1) is 0 Å². The van der Waals surface area contributed by atoms with Crippen molar-refractivity contribution in [2.75, 3.05) is 0 Å². The van der Waals surface area contributed by atoms with Gasteiger partial charge in [-0.25, -0.2) is 8.78 Å². The average Bonchev–Trinajstić information content (AvgIpc) is 2.55. The van der Waals surface area contributed by atoms with Crippen LogP contribution in [0.25, 0.3) is 10.8 Å². The first-order chi connectivity index (χ1) is 11.1. The van der Waals surface area contributed by atoms with E-state index >= 15 is 0 Å². The zero-order chi connectivity index (χ0) is 16.4. The van der Waals surface area contributed by atoms with Crippen LogP contribution in [0.15, 0.2) is 30.3 Å². The molecule has 122 valence electrons. The van der Waals surface area contributed by atoms with Crippen LogP contribution in [0.4, 0.5) is 8.78 Å². The van der Waals surface area contributed by atoms with E-state index in [1.807, 2.05) is 0 Å². The summed E-state index contributed by atoms with van der Waals surface area (Å²) in [6, 6.07) is 8.28. The third-order valence-electron chi connectivity index (χ3n) is 4.68. The normalized spacial score (nSPS) is 21.6. The lowest BCUT2D eigenvalue weighted by Gasteiger charge is -2.27. The third kappa shape index (κ3) is 3.36. The SMILES string of the molecule is CC1CCC(Oc2ccc3c(C(F)F)c(C=O)ccc3c2)CC1. The summed E-state index contributed by atoms with van der Waals surface area (Å²) in [4.78, 5) is 11.0. The first kappa shape index (κ1) is 15.9. The predicted molar refractivity (Wildman–Crippen MR) is 86.3 cm³/mol. The molecule has 1 saturated carbocycles. The number of hydrogen-bond acceptors (Lipinski definition) is 2. The van der Waals surface area contributed by atoms with Gasteiger partial charge in [0.25, 0.3) is 6.43 Å². The molecule has 0 aromatic heterocycles. The maximum atomic E-state index is 13.3. The molecule has 0 atom stereocenters. The molecule has 23 heavy (non-hydrogen) atoms. The maximum absolute atomic E-state index is 13.3. The topological polar surface area (TPSA) is 26.3 Å². The highest BCUT2D eigenvalue weighted by molar-refractivity contribution is 5.94. The van der Waals surface area contributed by atoms with Gasteiger partial charge in [-0.2, -0.15) is 0 Å².